The second-order valence-electron chi connectivity index (χ2n) is 5.96. The summed E-state index contributed by atoms with van der Waals surface area (Å²) in [5, 5.41) is 0. The highest BCUT2D eigenvalue weighted by molar-refractivity contribution is 6.10. The molecule has 31 heavy (non-hydrogen) atoms. The molecule has 1 aromatic rings. The van der Waals surface area contributed by atoms with Crippen molar-refractivity contribution in [1.29, 1.82) is 0 Å². The van der Waals surface area contributed by atoms with Crippen molar-refractivity contribution in [2.24, 2.45) is 5.92 Å². The lowest BCUT2D eigenvalue weighted by atomic mass is 9.91. The number of alkyl halides is 14. The van der Waals surface area contributed by atoms with Gasteiger partial charge in [-0.3, -0.25) is 9.59 Å². The molecule has 0 spiro atoms. The van der Waals surface area contributed by atoms with Crippen molar-refractivity contribution >= 4 is 11.6 Å². The van der Waals surface area contributed by atoms with Crippen molar-refractivity contribution in [3.63, 3.8) is 0 Å². The zero-order chi connectivity index (χ0) is 24.8. The van der Waals surface area contributed by atoms with Gasteiger partial charge in [-0.25, -0.2) is 0 Å². The van der Waals surface area contributed by atoms with Crippen molar-refractivity contribution in [2.75, 3.05) is 0 Å². The maximum absolute atomic E-state index is 13.6. The molecule has 0 unspecified atom stereocenters. The summed E-state index contributed by atoms with van der Waals surface area (Å²) in [5.74, 6) is -17.4. The van der Waals surface area contributed by atoms with Crippen LogP contribution in [0, 0.1) is 5.92 Å². The van der Waals surface area contributed by atoms with Gasteiger partial charge in [0.05, 0.1) is 17.5 Å². The molecule has 0 fully saturated rings. The van der Waals surface area contributed by atoms with Crippen LogP contribution in [0.3, 0.4) is 0 Å². The Morgan fingerprint density at radius 3 is 1.29 bits per heavy atom. The Morgan fingerprint density at radius 2 is 1.00 bits per heavy atom. The summed E-state index contributed by atoms with van der Waals surface area (Å²) >= 11 is 0. The lowest BCUT2D eigenvalue weighted by Gasteiger charge is -2.29. The monoisotopic (exact) mass is 484 g/mol. The van der Waals surface area contributed by atoms with E-state index in [9.17, 15) is 71.1 Å². The zero-order valence-corrected chi connectivity index (χ0v) is 14.1. The molecule has 0 heterocycles. The van der Waals surface area contributed by atoms with Crippen molar-refractivity contribution in [1.82, 2.24) is 0 Å². The smallest absolute Gasteiger partial charge is 0.294 e. The number of ketones is 2. The molecule has 0 atom stereocenters. The van der Waals surface area contributed by atoms with Gasteiger partial charge in [0.1, 0.15) is 0 Å². The summed E-state index contributed by atoms with van der Waals surface area (Å²) in [7, 11) is 0. The van der Waals surface area contributed by atoms with E-state index in [4.69, 9.17) is 0 Å². The van der Waals surface area contributed by atoms with Gasteiger partial charge in [0.15, 0.2) is 5.78 Å². The Labute approximate surface area is 161 Å². The van der Waals surface area contributed by atoms with E-state index in [-0.39, 0.29) is 12.1 Å². The van der Waals surface area contributed by atoms with Crippen LogP contribution in [0.4, 0.5) is 61.5 Å². The van der Waals surface area contributed by atoms with E-state index >= 15 is 0 Å². The van der Waals surface area contributed by atoms with E-state index in [1.807, 2.05) is 0 Å². The van der Waals surface area contributed by atoms with Crippen LogP contribution in [0.25, 0.3) is 0 Å². The Balaban J connectivity index is 3.39. The minimum Gasteiger partial charge on any atom is -0.294 e. The van der Waals surface area contributed by atoms with E-state index in [1.165, 1.54) is 0 Å². The van der Waals surface area contributed by atoms with Gasteiger partial charge in [-0.2, -0.15) is 61.5 Å². The number of halogens is 14. The highest BCUT2D eigenvalue weighted by atomic mass is 19.4. The predicted molar refractivity (Wildman–Crippen MR) is 70.9 cm³/mol. The first kappa shape index (κ1) is 26.6. The van der Waals surface area contributed by atoms with Gasteiger partial charge in [-0.1, -0.05) is 0 Å². The lowest BCUT2D eigenvalue weighted by molar-refractivity contribution is -0.329. The number of benzene rings is 1. The second kappa shape index (κ2) is 7.93. The third-order valence-electron chi connectivity index (χ3n) is 3.62. The molecular formula is C15H6F14O2. The minimum atomic E-state index is -6.72. The molecule has 0 saturated carbocycles. The Hall–Kier alpha value is -2.42. The molecule has 1 aromatic carbocycles. The van der Waals surface area contributed by atoms with E-state index in [0.717, 1.165) is 0 Å². The first-order valence-corrected chi connectivity index (χ1v) is 7.36. The summed E-state index contributed by atoms with van der Waals surface area (Å²) in [6.07, 6.45) is -27.0. The normalized spacial score (nSPS) is 14.2. The van der Waals surface area contributed by atoms with E-state index in [2.05, 4.69) is 0 Å². The van der Waals surface area contributed by atoms with Crippen LogP contribution in [-0.4, -0.2) is 29.8 Å². The molecule has 0 saturated heterocycles. The van der Waals surface area contributed by atoms with Crippen LogP contribution in [0.2, 0.25) is 0 Å². The molecular weight excluding hydrogens is 478 g/mol. The zero-order valence-electron chi connectivity index (χ0n) is 14.1. The summed E-state index contributed by atoms with van der Waals surface area (Å²) in [6.45, 7) is 0. The van der Waals surface area contributed by atoms with Gasteiger partial charge in [-0.15, -0.1) is 0 Å². The highest BCUT2D eigenvalue weighted by Gasteiger charge is 2.71. The molecule has 176 valence electrons. The summed E-state index contributed by atoms with van der Waals surface area (Å²) < 4.78 is 178. The van der Waals surface area contributed by atoms with Crippen LogP contribution in [-0.2, 0) is 17.1 Å². The Bertz CT molecular complexity index is 795. The van der Waals surface area contributed by atoms with Crippen molar-refractivity contribution in [2.45, 2.75) is 37.0 Å². The number of Topliss-reactive ketones (excluding diaryl/α,β-unsaturated/α-hetero) is 2. The lowest BCUT2D eigenvalue weighted by Crippen LogP contribution is -2.53. The molecule has 1 rings (SSSR count). The fourth-order valence-corrected chi connectivity index (χ4v) is 2.24. The number of hydrogen-bond donors (Lipinski definition) is 0. The molecule has 0 aromatic heterocycles. The summed E-state index contributed by atoms with van der Waals surface area (Å²) in [4.78, 5) is 23.1. The Kier molecular flexibility index (Phi) is 6.81. The van der Waals surface area contributed by atoms with Crippen LogP contribution in [0.5, 0.6) is 0 Å². The van der Waals surface area contributed by atoms with Crippen LogP contribution in [0.1, 0.15) is 27.9 Å². The fraction of sp³-hybridized carbons (Fsp3) is 0.467. The first-order valence-electron chi connectivity index (χ1n) is 7.36. The predicted octanol–water partition coefficient (Wildman–Crippen LogP) is 6.24. The standard InChI is InChI=1S/C15H6F14O2/c16-11(17,10(14(24,25)26)15(27,28)29)9(31)4-8(30)5-1-6(12(18,19)20)3-7(2-5)13(21,22)23/h1-3,10H,4H2. The largest absolute Gasteiger partial charge is 0.416 e. The van der Waals surface area contributed by atoms with Crippen molar-refractivity contribution < 1.29 is 71.1 Å². The van der Waals surface area contributed by atoms with E-state index in [0.29, 0.717) is 0 Å². The van der Waals surface area contributed by atoms with Gasteiger partial charge >= 0.3 is 30.6 Å². The minimum absolute atomic E-state index is 0.325. The average molecular weight is 484 g/mol. The number of hydrogen-bond acceptors (Lipinski definition) is 2. The van der Waals surface area contributed by atoms with E-state index < -0.39 is 77.3 Å². The van der Waals surface area contributed by atoms with Gasteiger partial charge in [0.25, 0.3) is 0 Å². The molecule has 0 aliphatic carbocycles. The van der Waals surface area contributed by atoms with Gasteiger partial charge in [0, 0.05) is 5.56 Å². The number of carbonyl (C=O) groups excluding carboxylic acids is 2. The quantitative estimate of drug-likeness (QED) is 0.282. The van der Waals surface area contributed by atoms with Gasteiger partial charge < -0.3 is 0 Å². The van der Waals surface area contributed by atoms with Gasteiger partial charge in [0.2, 0.25) is 11.7 Å². The summed E-state index contributed by atoms with van der Waals surface area (Å²) in [5.41, 5.74) is -5.94. The molecule has 0 aliphatic rings. The average Bonchev–Trinajstić information content (AvgIpc) is 2.49. The third kappa shape index (κ3) is 6.29. The van der Waals surface area contributed by atoms with Crippen molar-refractivity contribution in [3.05, 3.63) is 34.9 Å². The first-order chi connectivity index (χ1) is 13.5. The SMILES string of the molecule is O=C(CC(=O)C(F)(F)C(C(F)(F)F)C(F)(F)F)c1cc(C(F)(F)F)cc(C(F)(F)F)c1. The molecule has 0 N–H and O–H groups in total. The number of carbonyl (C=O) groups is 2. The third-order valence-corrected chi connectivity index (χ3v) is 3.62. The molecule has 0 amide bonds. The second-order valence-corrected chi connectivity index (χ2v) is 5.96. The topological polar surface area (TPSA) is 34.1 Å². The van der Waals surface area contributed by atoms with Crippen LogP contribution in [0.15, 0.2) is 18.2 Å². The summed E-state index contributed by atoms with van der Waals surface area (Å²) in [6, 6.07) is -1.14. The molecule has 2 nitrogen and oxygen atoms in total. The maximum Gasteiger partial charge on any atom is 0.416 e. The van der Waals surface area contributed by atoms with Crippen molar-refractivity contribution in [3.8, 4) is 0 Å². The Morgan fingerprint density at radius 1 is 0.645 bits per heavy atom. The fourth-order valence-electron chi connectivity index (χ4n) is 2.24. The molecule has 0 radical (unpaired) electrons. The number of rotatable bonds is 5. The van der Waals surface area contributed by atoms with Gasteiger partial charge in [-0.05, 0) is 18.2 Å². The molecule has 16 heteroatoms. The van der Waals surface area contributed by atoms with Crippen LogP contribution < -0.4 is 0 Å². The van der Waals surface area contributed by atoms with Crippen LogP contribution >= 0.6 is 0 Å². The maximum atomic E-state index is 13.6. The highest BCUT2D eigenvalue weighted by Crippen LogP contribution is 2.49. The molecule has 0 bridgehead atoms. The molecule has 0 aliphatic heterocycles. The van der Waals surface area contributed by atoms with E-state index in [1.54, 1.807) is 0 Å².